The van der Waals surface area contributed by atoms with E-state index >= 15 is 0 Å². The van der Waals surface area contributed by atoms with Gasteiger partial charge in [0.15, 0.2) is 0 Å². The highest BCUT2D eigenvalue weighted by atomic mass is 32.2. The topological polar surface area (TPSA) is 70.7 Å². The summed E-state index contributed by atoms with van der Waals surface area (Å²) < 4.78 is 0. The Labute approximate surface area is 144 Å². The standard InChI is InChI=1S/C18H18N4OS/c1-13-19-18(22-21-13)24-12-17(23)20-16-10-6-5-9-15(16)11-14-7-3-2-4-8-14/h2-10H,11-12H2,1H3,(H,20,23)(H,19,21,22). The summed E-state index contributed by atoms with van der Waals surface area (Å²) in [5.41, 5.74) is 3.15. The molecule has 5 nitrogen and oxygen atoms in total. The molecule has 1 amide bonds. The van der Waals surface area contributed by atoms with Gasteiger partial charge >= 0.3 is 0 Å². The van der Waals surface area contributed by atoms with Gasteiger partial charge in [0.25, 0.3) is 0 Å². The van der Waals surface area contributed by atoms with Crippen molar-refractivity contribution < 1.29 is 4.79 Å². The van der Waals surface area contributed by atoms with Gasteiger partial charge < -0.3 is 5.32 Å². The normalized spacial score (nSPS) is 10.5. The molecule has 3 aromatic rings. The molecule has 0 saturated heterocycles. The molecule has 24 heavy (non-hydrogen) atoms. The molecule has 122 valence electrons. The summed E-state index contributed by atoms with van der Waals surface area (Å²) in [6, 6.07) is 18.1. The van der Waals surface area contributed by atoms with E-state index in [1.807, 2.05) is 49.4 Å². The molecule has 0 aliphatic heterocycles. The van der Waals surface area contributed by atoms with Crippen molar-refractivity contribution in [3.05, 3.63) is 71.5 Å². The minimum Gasteiger partial charge on any atom is -0.325 e. The molecule has 0 unspecified atom stereocenters. The van der Waals surface area contributed by atoms with E-state index in [9.17, 15) is 4.79 Å². The molecule has 0 fully saturated rings. The number of para-hydroxylation sites is 1. The van der Waals surface area contributed by atoms with Crippen LogP contribution in [0.15, 0.2) is 59.8 Å². The number of nitrogens with one attached hydrogen (secondary N) is 2. The summed E-state index contributed by atoms with van der Waals surface area (Å²) in [7, 11) is 0. The van der Waals surface area contributed by atoms with Gasteiger partial charge in [-0.2, -0.15) is 0 Å². The van der Waals surface area contributed by atoms with Gasteiger partial charge in [0.1, 0.15) is 5.82 Å². The lowest BCUT2D eigenvalue weighted by Gasteiger charge is -2.11. The van der Waals surface area contributed by atoms with Gasteiger partial charge in [-0.15, -0.1) is 5.10 Å². The Hall–Kier alpha value is -2.60. The van der Waals surface area contributed by atoms with Crippen molar-refractivity contribution in [2.75, 3.05) is 11.1 Å². The average molecular weight is 338 g/mol. The van der Waals surface area contributed by atoms with Crippen LogP contribution in [0, 0.1) is 6.92 Å². The Kier molecular flexibility index (Phi) is 5.28. The van der Waals surface area contributed by atoms with Crippen LogP contribution >= 0.6 is 11.8 Å². The van der Waals surface area contributed by atoms with Gasteiger partial charge in [-0.25, -0.2) is 4.98 Å². The van der Waals surface area contributed by atoms with E-state index < -0.39 is 0 Å². The number of aromatic amines is 1. The highest BCUT2D eigenvalue weighted by molar-refractivity contribution is 7.99. The Morgan fingerprint density at radius 1 is 1.12 bits per heavy atom. The van der Waals surface area contributed by atoms with Gasteiger partial charge in [0.05, 0.1) is 5.75 Å². The third kappa shape index (κ3) is 4.45. The second kappa shape index (κ2) is 7.79. The van der Waals surface area contributed by atoms with Crippen molar-refractivity contribution >= 4 is 23.4 Å². The van der Waals surface area contributed by atoms with E-state index in [2.05, 4.69) is 32.6 Å². The summed E-state index contributed by atoms with van der Waals surface area (Å²) in [4.78, 5) is 16.4. The zero-order valence-corrected chi connectivity index (χ0v) is 14.1. The number of hydrogen-bond donors (Lipinski definition) is 2. The van der Waals surface area contributed by atoms with E-state index in [1.165, 1.54) is 17.3 Å². The van der Waals surface area contributed by atoms with Gasteiger partial charge in [0, 0.05) is 5.69 Å². The van der Waals surface area contributed by atoms with Crippen LogP contribution in [0.3, 0.4) is 0 Å². The van der Waals surface area contributed by atoms with Crippen molar-refractivity contribution in [1.82, 2.24) is 15.2 Å². The fourth-order valence-electron chi connectivity index (χ4n) is 2.32. The summed E-state index contributed by atoms with van der Waals surface area (Å²) in [6.45, 7) is 1.83. The van der Waals surface area contributed by atoms with Gasteiger partial charge in [-0.3, -0.25) is 9.89 Å². The highest BCUT2D eigenvalue weighted by Gasteiger charge is 2.09. The van der Waals surface area contributed by atoms with Crippen LogP contribution in [0.25, 0.3) is 0 Å². The zero-order chi connectivity index (χ0) is 16.8. The first kappa shape index (κ1) is 16.3. The van der Waals surface area contributed by atoms with Crippen LogP contribution in [0.5, 0.6) is 0 Å². The lowest BCUT2D eigenvalue weighted by Crippen LogP contribution is -2.15. The minimum atomic E-state index is -0.0667. The van der Waals surface area contributed by atoms with Crippen molar-refractivity contribution in [2.24, 2.45) is 0 Å². The summed E-state index contributed by atoms with van der Waals surface area (Å²) in [6.07, 6.45) is 0.782. The predicted molar refractivity (Wildman–Crippen MR) is 96.2 cm³/mol. The van der Waals surface area contributed by atoms with Crippen LogP contribution in [-0.2, 0) is 11.2 Å². The molecule has 1 heterocycles. The quantitative estimate of drug-likeness (QED) is 0.676. The maximum atomic E-state index is 12.2. The molecule has 0 aliphatic rings. The van der Waals surface area contributed by atoms with Crippen molar-refractivity contribution in [2.45, 2.75) is 18.5 Å². The molecule has 6 heteroatoms. The van der Waals surface area contributed by atoms with E-state index in [-0.39, 0.29) is 11.7 Å². The lowest BCUT2D eigenvalue weighted by molar-refractivity contribution is -0.113. The maximum Gasteiger partial charge on any atom is 0.234 e. The number of amides is 1. The molecule has 0 spiro atoms. The van der Waals surface area contributed by atoms with Crippen LogP contribution in [-0.4, -0.2) is 26.8 Å². The van der Waals surface area contributed by atoms with Crippen molar-refractivity contribution in [3.63, 3.8) is 0 Å². The number of thioether (sulfide) groups is 1. The monoisotopic (exact) mass is 338 g/mol. The largest absolute Gasteiger partial charge is 0.325 e. The van der Waals surface area contributed by atoms with E-state index in [1.54, 1.807) is 0 Å². The van der Waals surface area contributed by atoms with Gasteiger partial charge in [-0.1, -0.05) is 60.3 Å². The van der Waals surface area contributed by atoms with E-state index in [0.717, 1.165) is 23.5 Å². The lowest BCUT2D eigenvalue weighted by atomic mass is 10.0. The number of aryl methyl sites for hydroxylation is 1. The minimum absolute atomic E-state index is 0.0667. The van der Waals surface area contributed by atoms with E-state index in [4.69, 9.17) is 0 Å². The average Bonchev–Trinajstić information content (AvgIpc) is 3.01. The molecule has 0 bridgehead atoms. The van der Waals surface area contributed by atoms with Gasteiger partial charge in [0.2, 0.25) is 11.1 Å². The van der Waals surface area contributed by atoms with Crippen LogP contribution in [0.1, 0.15) is 17.0 Å². The Balaban J connectivity index is 1.63. The molecule has 2 aromatic carbocycles. The number of hydrogen-bond acceptors (Lipinski definition) is 4. The first-order valence-corrected chi connectivity index (χ1v) is 8.63. The molecule has 0 aliphatic carbocycles. The third-order valence-corrected chi connectivity index (χ3v) is 4.29. The molecule has 0 radical (unpaired) electrons. The number of anilines is 1. The number of nitrogens with zero attached hydrogens (tertiary/aromatic N) is 2. The second-order valence-electron chi connectivity index (χ2n) is 5.36. The smallest absolute Gasteiger partial charge is 0.234 e. The summed E-state index contributed by atoms with van der Waals surface area (Å²) >= 11 is 1.31. The maximum absolute atomic E-state index is 12.2. The molecular weight excluding hydrogens is 320 g/mol. The molecule has 3 rings (SSSR count). The second-order valence-corrected chi connectivity index (χ2v) is 6.30. The van der Waals surface area contributed by atoms with Crippen LogP contribution < -0.4 is 5.32 Å². The fourth-order valence-corrected chi connectivity index (χ4v) is 2.96. The molecule has 1 aromatic heterocycles. The number of aromatic nitrogens is 3. The zero-order valence-electron chi connectivity index (χ0n) is 13.3. The number of benzene rings is 2. The number of H-pyrrole nitrogens is 1. The molecular formula is C18H18N4OS. The number of rotatable bonds is 6. The third-order valence-electron chi connectivity index (χ3n) is 3.44. The number of carbonyl (C=O) groups is 1. The Bertz CT molecular complexity index is 817. The number of carbonyl (C=O) groups excluding carboxylic acids is 1. The Morgan fingerprint density at radius 3 is 2.62 bits per heavy atom. The molecule has 2 N–H and O–H groups in total. The fraction of sp³-hybridized carbons (Fsp3) is 0.167. The highest BCUT2D eigenvalue weighted by Crippen LogP contribution is 2.20. The summed E-state index contributed by atoms with van der Waals surface area (Å²) in [5, 5.41) is 10.3. The van der Waals surface area contributed by atoms with Gasteiger partial charge in [-0.05, 0) is 30.5 Å². The van der Waals surface area contributed by atoms with Crippen LogP contribution in [0.4, 0.5) is 5.69 Å². The van der Waals surface area contributed by atoms with Crippen molar-refractivity contribution in [1.29, 1.82) is 0 Å². The molecule has 0 saturated carbocycles. The van der Waals surface area contributed by atoms with Crippen LogP contribution in [0.2, 0.25) is 0 Å². The first-order chi connectivity index (χ1) is 11.7. The Morgan fingerprint density at radius 2 is 1.88 bits per heavy atom. The first-order valence-electron chi connectivity index (χ1n) is 7.64. The molecule has 0 atom stereocenters. The SMILES string of the molecule is Cc1nc(SCC(=O)Nc2ccccc2Cc2ccccc2)n[nH]1. The summed E-state index contributed by atoms with van der Waals surface area (Å²) in [5.74, 6) is 0.950. The predicted octanol–water partition coefficient (Wildman–Crippen LogP) is 3.43. The van der Waals surface area contributed by atoms with E-state index in [0.29, 0.717) is 5.16 Å². The van der Waals surface area contributed by atoms with Crippen molar-refractivity contribution in [3.8, 4) is 0 Å².